The summed E-state index contributed by atoms with van der Waals surface area (Å²) in [5, 5.41) is 1.88. The van der Waals surface area contributed by atoms with Crippen LogP contribution in [0.5, 0.6) is 0 Å². The highest BCUT2D eigenvalue weighted by Gasteiger charge is 2.40. The topological polar surface area (TPSA) is 78.0 Å². The minimum Gasteiger partial charge on any atom is -0.283 e. The summed E-state index contributed by atoms with van der Waals surface area (Å²) < 4.78 is 27.8. The Balaban J connectivity index is 1.23. The van der Waals surface area contributed by atoms with Gasteiger partial charge in [0.25, 0.3) is 0 Å². The first-order valence-electron chi connectivity index (χ1n) is 11.0. The van der Waals surface area contributed by atoms with E-state index in [1.54, 1.807) is 12.1 Å². The average Bonchev–Trinajstić information content (AvgIpc) is 3.13. The minimum atomic E-state index is -3.61. The smallest absolute Gasteiger partial charge is 0.243 e. The van der Waals surface area contributed by atoms with E-state index in [0.29, 0.717) is 26.2 Å². The van der Waals surface area contributed by atoms with E-state index in [2.05, 4.69) is 0 Å². The Morgan fingerprint density at radius 1 is 0.788 bits per heavy atom. The second kappa shape index (κ2) is 8.70. The number of hydrogen-bond donors (Lipinski definition) is 0. The van der Waals surface area contributed by atoms with Crippen molar-refractivity contribution in [2.75, 3.05) is 32.8 Å². The highest BCUT2D eigenvalue weighted by molar-refractivity contribution is 7.89. The molecule has 5 rings (SSSR count). The Hall–Kier alpha value is -3.07. The lowest BCUT2D eigenvalue weighted by molar-refractivity contribution is -0.141. The molecule has 2 heterocycles. The van der Waals surface area contributed by atoms with E-state index < -0.39 is 15.9 Å². The van der Waals surface area contributed by atoms with Gasteiger partial charge in [0.1, 0.15) is 0 Å². The summed E-state index contributed by atoms with van der Waals surface area (Å²) in [6.45, 7) is 1.74. The molecule has 2 fully saturated rings. The van der Waals surface area contributed by atoms with Crippen molar-refractivity contribution in [3.8, 4) is 0 Å². The highest BCUT2D eigenvalue weighted by Crippen LogP contribution is 2.30. The molecule has 33 heavy (non-hydrogen) atoms. The predicted molar refractivity (Wildman–Crippen MR) is 125 cm³/mol. The van der Waals surface area contributed by atoms with Crippen LogP contribution in [0.3, 0.4) is 0 Å². The molecular formula is C25H25N3O4S. The molecule has 0 aromatic heterocycles. The van der Waals surface area contributed by atoms with E-state index in [-0.39, 0.29) is 29.8 Å². The number of carbonyl (C=O) groups excluding carboxylic acids is 2. The minimum absolute atomic E-state index is 0.180. The lowest BCUT2D eigenvalue weighted by Crippen LogP contribution is -2.52. The van der Waals surface area contributed by atoms with Crippen molar-refractivity contribution in [3.63, 3.8) is 0 Å². The molecule has 8 heteroatoms. The van der Waals surface area contributed by atoms with Gasteiger partial charge in [0.2, 0.25) is 21.8 Å². The number of likely N-dealkylation sites (tertiary alicyclic amines) is 1. The fourth-order valence-electron chi connectivity index (χ4n) is 4.57. The molecule has 0 unspecified atom stereocenters. The third-order valence-corrected chi connectivity index (χ3v) is 8.37. The number of piperazine rings is 1. The van der Waals surface area contributed by atoms with E-state index in [9.17, 15) is 18.0 Å². The van der Waals surface area contributed by atoms with Crippen molar-refractivity contribution in [2.45, 2.75) is 17.2 Å². The zero-order valence-corrected chi connectivity index (χ0v) is 18.9. The van der Waals surface area contributed by atoms with E-state index in [4.69, 9.17) is 0 Å². The van der Waals surface area contributed by atoms with Crippen LogP contribution in [0.4, 0.5) is 0 Å². The van der Waals surface area contributed by atoms with Gasteiger partial charge >= 0.3 is 0 Å². The molecule has 1 atom stereocenters. The molecule has 2 saturated heterocycles. The van der Waals surface area contributed by atoms with E-state index >= 15 is 0 Å². The number of fused-ring (bicyclic) bond motifs is 1. The van der Waals surface area contributed by atoms with Crippen LogP contribution >= 0.6 is 0 Å². The van der Waals surface area contributed by atoms with Crippen molar-refractivity contribution >= 4 is 32.6 Å². The molecule has 0 N–H and O–H groups in total. The Morgan fingerprint density at radius 2 is 1.45 bits per heavy atom. The first-order valence-corrected chi connectivity index (χ1v) is 12.5. The average molecular weight is 464 g/mol. The number of amides is 2. The van der Waals surface area contributed by atoms with Gasteiger partial charge in [-0.2, -0.15) is 4.31 Å². The van der Waals surface area contributed by atoms with Crippen LogP contribution in [-0.4, -0.2) is 67.2 Å². The Labute approximate surface area is 193 Å². The summed E-state index contributed by atoms with van der Waals surface area (Å²) in [5.74, 6) is -0.800. The quantitative estimate of drug-likeness (QED) is 0.544. The summed E-state index contributed by atoms with van der Waals surface area (Å²) >= 11 is 0. The van der Waals surface area contributed by atoms with Crippen LogP contribution in [0.1, 0.15) is 17.9 Å². The number of benzene rings is 3. The number of carbonyl (C=O) groups is 2. The maximum Gasteiger partial charge on any atom is 0.243 e. The lowest BCUT2D eigenvalue weighted by Gasteiger charge is -2.35. The fourth-order valence-corrected chi connectivity index (χ4v) is 6.02. The molecule has 7 nitrogen and oxygen atoms in total. The van der Waals surface area contributed by atoms with Gasteiger partial charge in [-0.3, -0.25) is 19.4 Å². The molecule has 170 valence electrons. The molecule has 0 bridgehead atoms. The number of rotatable bonds is 5. The van der Waals surface area contributed by atoms with Gasteiger partial charge in [0.05, 0.1) is 17.5 Å². The standard InChI is InChI=1S/C25H25N3O4S/c29-24-17-23(20-7-2-1-3-8-20)25(30)28(24)18-26-12-14-27(15-13-26)33(31,32)22-11-10-19-6-4-5-9-21(19)16-22/h1-11,16,23H,12-15,17-18H2/t23-/m1/s1. The van der Waals surface area contributed by atoms with Crippen molar-refractivity contribution in [1.82, 2.24) is 14.1 Å². The molecular weight excluding hydrogens is 438 g/mol. The molecule has 2 aliphatic heterocycles. The largest absolute Gasteiger partial charge is 0.283 e. The summed E-state index contributed by atoms with van der Waals surface area (Å²) in [4.78, 5) is 29.0. The Bertz CT molecular complexity index is 1300. The van der Waals surface area contributed by atoms with Gasteiger partial charge in [0, 0.05) is 32.6 Å². The van der Waals surface area contributed by atoms with E-state index in [1.165, 1.54) is 9.21 Å². The zero-order valence-electron chi connectivity index (χ0n) is 18.1. The molecule has 0 radical (unpaired) electrons. The maximum atomic E-state index is 13.2. The van der Waals surface area contributed by atoms with Crippen molar-refractivity contribution in [1.29, 1.82) is 0 Å². The van der Waals surface area contributed by atoms with Gasteiger partial charge < -0.3 is 0 Å². The molecule has 0 saturated carbocycles. The highest BCUT2D eigenvalue weighted by atomic mass is 32.2. The normalized spacial score (nSPS) is 20.6. The van der Waals surface area contributed by atoms with Crippen molar-refractivity contribution in [2.24, 2.45) is 0 Å². The Kier molecular flexibility index (Phi) is 5.74. The lowest BCUT2D eigenvalue weighted by atomic mass is 9.98. The number of imide groups is 1. The maximum absolute atomic E-state index is 13.2. The first-order chi connectivity index (χ1) is 15.9. The molecule has 2 amide bonds. The third kappa shape index (κ3) is 4.17. The molecule has 2 aliphatic rings. The predicted octanol–water partition coefficient (Wildman–Crippen LogP) is 2.65. The van der Waals surface area contributed by atoms with Gasteiger partial charge in [-0.25, -0.2) is 8.42 Å². The third-order valence-electron chi connectivity index (χ3n) is 6.48. The van der Waals surface area contributed by atoms with Gasteiger partial charge in [0.15, 0.2) is 0 Å². The van der Waals surface area contributed by atoms with Crippen LogP contribution in [0.25, 0.3) is 10.8 Å². The van der Waals surface area contributed by atoms with E-state index in [1.807, 2.05) is 65.6 Å². The van der Waals surface area contributed by atoms with Crippen LogP contribution < -0.4 is 0 Å². The second-order valence-electron chi connectivity index (χ2n) is 8.50. The van der Waals surface area contributed by atoms with Gasteiger partial charge in [-0.15, -0.1) is 0 Å². The monoisotopic (exact) mass is 463 g/mol. The van der Waals surface area contributed by atoms with Crippen LogP contribution in [0.2, 0.25) is 0 Å². The Morgan fingerprint density at radius 3 is 2.18 bits per heavy atom. The van der Waals surface area contributed by atoms with Crippen molar-refractivity contribution in [3.05, 3.63) is 78.4 Å². The molecule has 0 spiro atoms. The van der Waals surface area contributed by atoms with Gasteiger partial charge in [-0.1, -0.05) is 60.7 Å². The fraction of sp³-hybridized carbons (Fsp3) is 0.280. The number of nitrogens with zero attached hydrogens (tertiary/aromatic N) is 3. The molecule has 0 aliphatic carbocycles. The van der Waals surface area contributed by atoms with Gasteiger partial charge in [-0.05, 0) is 28.5 Å². The first kappa shape index (κ1) is 21.8. The van der Waals surface area contributed by atoms with Crippen LogP contribution in [0, 0.1) is 0 Å². The summed E-state index contributed by atoms with van der Waals surface area (Å²) in [5.41, 5.74) is 0.852. The van der Waals surface area contributed by atoms with Crippen LogP contribution in [0.15, 0.2) is 77.7 Å². The number of sulfonamides is 1. The molecule has 3 aromatic rings. The second-order valence-corrected chi connectivity index (χ2v) is 10.4. The van der Waals surface area contributed by atoms with E-state index in [0.717, 1.165) is 16.3 Å². The molecule has 3 aromatic carbocycles. The summed E-state index contributed by atoms with van der Waals surface area (Å²) in [6.07, 6.45) is 0.180. The van der Waals surface area contributed by atoms with Crippen molar-refractivity contribution < 1.29 is 18.0 Å². The summed E-state index contributed by atoms with van der Waals surface area (Å²) in [7, 11) is -3.61. The SMILES string of the molecule is O=C1C[C@H](c2ccccc2)C(=O)N1CN1CCN(S(=O)(=O)c2ccc3ccccc3c2)CC1. The van der Waals surface area contributed by atoms with Crippen LogP contribution in [-0.2, 0) is 19.6 Å². The zero-order chi connectivity index (χ0) is 23.0. The summed E-state index contributed by atoms with van der Waals surface area (Å²) in [6, 6.07) is 22.2. The number of hydrogen-bond acceptors (Lipinski definition) is 5.